The predicted octanol–water partition coefficient (Wildman–Crippen LogP) is 1.44. The summed E-state index contributed by atoms with van der Waals surface area (Å²) in [4.78, 5) is 11.2. The lowest BCUT2D eigenvalue weighted by Gasteiger charge is -2.36. The number of rotatable bonds is 3. The minimum Gasteiger partial charge on any atom is -0.375 e. The lowest BCUT2D eigenvalue weighted by Crippen LogP contribution is -2.51. The van der Waals surface area contributed by atoms with Gasteiger partial charge in [-0.15, -0.1) is 0 Å². The summed E-state index contributed by atoms with van der Waals surface area (Å²) in [7, 11) is -3.55. The Morgan fingerprint density at radius 3 is 2.48 bits per heavy atom. The molecule has 1 N–H and O–H groups in total. The molecule has 1 saturated heterocycles. The van der Waals surface area contributed by atoms with Gasteiger partial charge in [-0.3, -0.25) is 4.79 Å². The van der Waals surface area contributed by atoms with E-state index in [1.54, 1.807) is 12.1 Å². The van der Waals surface area contributed by atoms with Crippen molar-refractivity contribution in [3.63, 3.8) is 0 Å². The molecule has 0 bridgehead atoms. The van der Waals surface area contributed by atoms with Crippen LogP contribution in [-0.2, 0) is 19.6 Å². The van der Waals surface area contributed by atoms with Crippen molar-refractivity contribution in [1.29, 1.82) is 0 Å². The van der Waals surface area contributed by atoms with Gasteiger partial charge in [0.05, 0.1) is 17.6 Å². The van der Waals surface area contributed by atoms with Gasteiger partial charge in [-0.1, -0.05) is 0 Å². The molecule has 1 aromatic carbocycles. The zero-order valence-corrected chi connectivity index (χ0v) is 13.2. The minimum atomic E-state index is -3.55. The van der Waals surface area contributed by atoms with Gasteiger partial charge in [0.1, 0.15) is 0 Å². The smallest absolute Gasteiger partial charge is 0.243 e. The number of ether oxygens (including phenoxy) is 1. The van der Waals surface area contributed by atoms with Crippen molar-refractivity contribution in [2.24, 2.45) is 0 Å². The molecule has 2 rings (SSSR count). The average Bonchev–Trinajstić information content (AvgIpc) is 2.41. The predicted molar refractivity (Wildman–Crippen MR) is 79.5 cm³/mol. The van der Waals surface area contributed by atoms with Gasteiger partial charge in [0.25, 0.3) is 0 Å². The molecule has 1 aromatic rings. The van der Waals surface area contributed by atoms with Crippen molar-refractivity contribution >= 4 is 21.6 Å². The second-order valence-corrected chi connectivity index (χ2v) is 7.03. The third-order valence-electron chi connectivity index (χ3n) is 3.61. The largest absolute Gasteiger partial charge is 0.375 e. The van der Waals surface area contributed by atoms with Crippen molar-refractivity contribution in [2.45, 2.75) is 37.8 Å². The molecule has 1 heterocycles. The fourth-order valence-corrected chi connectivity index (χ4v) is 3.97. The number of benzene rings is 1. The van der Waals surface area contributed by atoms with Gasteiger partial charge in [0.15, 0.2) is 0 Å². The number of sulfonamides is 1. The number of hydrogen-bond donors (Lipinski definition) is 1. The fourth-order valence-electron chi connectivity index (χ4n) is 2.29. The van der Waals surface area contributed by atoms with Crippen LogP contribution in [0.2, 0.25) is 0 Å². The monoisotopic (exact) mass is 312 g/mol. The van der Waals surface area contributed by atoms with Crippen molar-refractivity contribution in [3.8, 4) is 0 Å². The van der Waals surface area contributed by atoms with E-state index in [4.69, 9.17) is 4.74 Å². The number of hydrogen-bond acceptors (Lipinski definition) is 4. The zero-order chi connectivity index (χ0) is 15.6. The molecule has 6 nitrogen and oxygen atoms in total. The topological polar surface area (TPSA) is 75.7 Å². The molecule has 0 saturated carbocycles. The number of carbonyl (C=O) groups is 1. The van der Waals surface area contributed by atoms with Crippen molar-refractivity contribution in [3.05, 3.63) is 24.3 Å². The van der Waals surface area contributed by atoms with Gasteiger partial charge >= 0.3 is 0 Å². The minimum absolute atomic E-state index is 0.132. The maximum Gasteiger partial charge on any atom is 0.243 e. The molecular weight excluding hydrogens is 292 g/mol. The summed E-state index contributed by atoms with van der Waals surface area (Å²) in [5.74, 6) is -0.193. The quantitative estimate of drug-likeness (QED) is 0.916. The molecule has 0 aromatic heterocycles. The lowest BCUT2D eigenvalue weighted by molar-refractivity contribution is -0.114. The van der Waals surface area contributed by atoms with Gasteiger partial charge in [-0.05, 0) is 38.1 Å². The highest BCUT2D eigenvalue weighted by Crippen LogP contribution is 2.24. The second-order valence-electron chi connectivity index (χ2n) is 5.14. The van der Waals surface area contributed by atoms with Crippen molar-refractivity contribution < 1.29 is 17.9 Å². The van der Waals surface area contributed by atoms with E-state index in [2.05, 4.69) is 5.32 Å². The van der Waals surface area contributed by atoms with Crippen LogP contribution in [-0.4, -0.2) is 43.9 Å². The first-order valence-electron chi connectivity index (χ1n) is 6.83. The van der Waals surface area contributed by atoms with Crippen LogP contribution in [0.3, 0.4) is 0 Å². The third-order valence-corrected chi connectivity index (χ3v) is 5.61. The molecule has 21 heavy (non-hydrogen) atoms. The van der Waals surface area contributed by atoms with Crippen LogP contribution < -0.4 is 5.32 Å². The number of carbonyl (C=O) groups excluding carboxylic acids is 1. The molecular formula is C14H20N2O4S. The SMILES string of the molecule is CC(=O)Nc1ccc(S(=O)(=O)N2CCOC(C)C2C)cc1. The van der Waals surface area contributed by atoms with Crippen LogP contribution in [0.15, 0.2) is 29.2 Å². The molecule has 7 heteroatoms. The summed E-state index contributed by atoms with van der Waals surface area (Å²) in [5.41, 5.74) is 0.574. The highest BCUT2D eigenvalue weighted by molar-refractivity contribution is 7.89. The van der Waals surface area contributed by atoms with E-state index in [1.807, 2.05) is 13.8 Å². The molecule has 1 aliphatic heterocycles. The summed E-state index contributed by atoms with van der Waals surface area (Å²) < 4.78 is 32.2. The summed E-state index contributed by atoms with van der Waals surface area (Å²) in [6.07, 6.45) is -0.132. The molecule has 1 fully saturated rings. The Bertz CT molecular complexity index is 612. The summed E-state index contributed by atoms with van der Waals surface area (Å²) in [6, 6.07) is 5.98. The Labute approximate surface area is 125 Å². The van der Waals surface area contributed by atoms with Gasteiger partial charge in [-0.2, -0.15) is 4.31 Å². The lowest BCUT2D eigenvalue weighted by atomic mass is 10.2. The normalized spacial score (nSPS) is 23.8. The van der Waals surface area contributed by atoms with Gasteiger partial charge < -0.3 is 10.1 Å². The third kappa shape index (κ3) is 3.42. The Morgan fingerprint density at radius 2 is 1.90 bits per heavy atom. The first-order chi connectivity index (χ1) is 9.82. The fraction of sp³-hybridized carbons (Fsp3) is 0.500. The summed E-state index contributed by atoms with van der Waals surface area (Å²) >= 11 is 0. The number of nitrogens with zero attached hydrogens (tertiary/aromatic N) is 1. The first-order valence-corrected chi connectivity index (χ1v) is 8.27. The van der Waals surface area contributed by atoms with E-state index in [9.17, 15) is 13.2 Å². The van der Waals surface area contributed by atoms with Crippen LogP contribution in [0.25, 0.3) is 0 Å². The highest BCUT2D eigenvalue weighted by atomic mass is 32.2. The van der Waals surface area contributed by atoms with Crippen LogP contribution in [0, 0.1) is 0 Å². The zero-order valence-electron chi connectivity index (χ0n) is 12.4. The summed E-state index contributed by atoms with van der Waals surface area (Å²) in [5, 5.41) is 2.61. The van der Waals surface area contributed by atoms with Crippen LogP contribution in [0.4, 0.5) is 5.69 Å². The van der Waals surface area contributed by atoms with E-state index in [1.165, 1.54) is 23.4 Å². The molecule has 116 valence electrons. The van der Waals surface area contributed by atoms with Crippen molar-refractivity contribution in [2.75, 3.05) is 18.5 Å². The van der Waals surface area contributed by atoms with E-state index in [0.29, 0.717) is 18.8 Å². The van der Waals surface area contributed by atoms with Crippen LogP contribution >= 0.6 is 0 Å². The maximum atomic E-state index is 12.7. The average molecular weight is 312 g/mol. The Balaban J connectivity index is 2.25. The number of morpholine rings is 1. The second kappa shape index (κ2) is 6.13. The van der Waals surface area contributed by atoms with Gasteiger partial charge in [-0.25, -0.2) is 8.42 Å². The Hall–Kier alpha value is -1.44. The molecule has 0 spiro atoms. The standard InChI is InChI=1S/C14H20N2O4S/c1-10-11(2)20-9-8-16(10)21(18,19)14-6-4-13(5-7-14)15-12(3)17/h4-7,10-11H,8-9H2,1-3H3,(H,15,17). The van der Waals surface area contributed by atoms with E-state index < -0.39 is 10.0 Å². The Kier molecular flexibility index (Phi) is 4.65. The van der Waals surface area contributed by atoms with Gasteiger partial charge in [0, 0.05) is 25.2 Å². The molecule has 1 amide bonds. The molecule has 2 unspecified atom stereocenters. The molecule has 0 aliphatic carbocycles. The van der Waals surface area contributed by atoms with E-state index in [-0.39, 0.29) is 22.9 Å². The highest BCUT2D eigenvalue weighted by Gasteiger charge is 2.35. The molecule has 0 radical (unpaired) electrons. The van der Waals surface area contributed by atoms with E-state index >= 15 is 0 Å². The van der Waals surface area contributed by atoms with Crippen LogP contribution in [0.1, 0.15) is 20.8 Å². The molecule has 2 atom stereocenters. The van der Waals surface area contributed by atoms with Crippen molar-refractivity contribution in [1.82, 2.24) is 4.31 Å². The molecule has 1 aliphatic rings. The number of nitrogens with one attached hydrogen (secondary N) is 1. The first kappa shape index (κ1) is 15.9. The number of amides is 1. The summed E-state index contributed by atoms with van der Waals surface area (Å²) in [6.45, 7) is 5.86. The van der Waals surface area contributed by atoms with Crippen LogP contribution in [0.5, 0.6) is 0 Å². The van der Waals surface area contributed by atoms with Gasteiger partial charge in [0.2, 0.25) is 15.9 Å². The maximum absolute atomic E-state index is 12.7. The van der Waals surface area contributed by atoms with E-state index in [0.717, 1.165) is 0 Å². The Morgan fingerprint density at radius 1 is 1.29 bits per heavy atom. The number of anilines is 1.